The van der Waals surface area contributed by atoms with E-state index < -0.39 is 0 Å². The standard InChI is InChI=1S/C24H29N9O/c1-15-10-20(6-7-21(15)18-12-27-32(14-18)8-9-34-3)33-23-22(30-31-33)13-26-24(29-23)28-19-5-4-17(11-19)16(2)25/h6-7,10,12-14,17,19,25H,4-5,8-9,11H2,1-3H3,(H,26,28,29). The Balaban J connectivity index is 1.38. The van der Waals surface area contributed by atoms with Gasteiger partial charge in [0.2, 0.25) is 5.95 Å². The molecule has 0 saturated heterocycles. The van der Waals surface area contributed by atoms with Crippen LogP contribution < -0.4 is 5.32 Å². The highest BCUT2D eigenvalue weighted by Crippen LogP contribution is 2.29. The minimum absolute atomic E-state index is 0.276. The molecule has 176 valence electrons. The van der Waals surface area contributed by atoms with Gasteiger partial charge in [-0.25, -0.2) is 4.98 Å². The first-order valence-corrected chi connectivity index (χ1v) is 11.5. The number of nitrogens with zero attached hydrogens (tertiary/aromatic N) is 7. The second kappa shape index (κ2) is 9.30. The molecule has 1 aliphatic rings. The summed E-state index contributed by atoms with van der Waals surface area (Å²) in [6.07, 6.45) is 8.61. The molecular weight excluding hydrogens is 430 g/mol. The fourth-order valence-electron chi connectivity index (χ4n) is 4.57. The number of nitrogens with one attached hydrogen (secondary N) is 2. The lowest BCUT2D eigenvalue weighted by molar-refractivity contribution is 0.183. The van der Waals surface area contributed by atoms with E-state index in [2.05, 4.69) is 44.8 Å². The van der Waals surface area contributed by atoms with Crippen LogP contribution in [0.25, 0.3) is 28.0 Å². The molecule has 10 nitrogen and oxygen atoms in total. The Morgan fingerprint density at radius 2 is 2.15 bits per heavy atom. The third kappa shape index (κ3) is 4.41. The average Bonchev–Trinajstić information content (AvgIpc) is 3.57. The molecule has 0 radical (unpaired) electrons. The number of hydrogen-bond donors (Lipinski definition) is 2. The van der Waals surface area contributed by atoms with Gasteiger partial charge in [0.15, 0.2) is 11.2 Å². The number of anilines is 1. The van der Waals surface area contributed by atoms with E-state index >= 15 is 0 Å². The molecule has 1 aliphatic carbocycles. The van der Waals surface area contributed by atoms with Crippen LogP contribution in [-0.2, 0) is 11.3 Å². The van der Waals surface area contributed by atoms with Crippen LogP contribution in [0.15, 0.2) is 36.8 Å². The van der Waals surface area contributed by atoms with Gasteiger partial charge in [0, 0.05) is 30.6 Å². The third-order valence-electron chi connectivity index (χ3n) is 6.49. The number of rotatable bonds is 8. The highest BCUT2D eigenvalue weighted by Gasteiger charge is 2.26. The van der Waals surface area contributed by atoms with E-state index in [0.717, 1.165) is 53.9 Å². The third-order valence-corrected chi connectivity index (χ3v) is 6.49. The van der Waals surface area contributed by atoms with Crippen molar-refractivity contribution in [3.63, 3.8) is 0 Å². The zero-order valence-corrected chi connectivity index (χ0v) is 19.7. The molecule has 5 rings (SSSR count). The molecule has 2 N–H and O–H groups in total. The lowest BCUT2D eigenvalue weighted by Gasteiger charge is -2.13. The molecule has 3 heterocycles. The minimum atomic E-state index is 0.276. The Labute approximate surface area is 197 Å². The summed E-state index contributed by atoms with van der Waals surface area (Å²) in [4.78, 5) is 9.16. The number of fused-ring (bicyclic) bond motifs is 1. The topological polar surface area (TPSA) is 119 Å². The fourth-order valence-corrected chi connectivity index (χ4v) is 4.57. The zero-order valence-electron chi connectivity index (χ0n) is 19.7. The first-order valence-electron chi connectivity index (χ1n) is 11.5. The van der Waals surface area contributed by atoms with Crippen molar-refractivity contribution in [1.82, 2.24) is 34.7 Å². The van der Waals surface area contributed by atoms with Crippen molar-refractivity contribution in [2.75, 3.05) is 19.0 Å². The summed E-state index contributed by atoms with van der Waals surface area (Å²) in [6.45, 7) is 5.31. The van der Waals surface area contributed by atoms with Gasteiger partial charge in [-0.3, -0.25) is 4.68 Å². The molecule has 34 heavy (non-hydrogen) atoms. The maximum absolute atomic E-state index is 7.90. The van der Waals surface area contributed by atoms with E-state index in [1.165, 1.54) is 0 Å². The molecule has 1 saturated carbocycles. The maximum atomic E-state index is 7.90. The van der Waals surface area contributed by atoms with Crippen molar-refractivity contribution < 1.29 is 4.74 Å². The molecule has 0 amide bonds. The average molecular weight is 460 g/mol. The molecule has 0 aliphatic heterocycles. The predicted octanol–water partition coefficient (Wildman–Crippen LogP) is 3.65. The minimum Gasteiger partial charge on any atom is -0.383 e. The van der Waals surface area contributed by atoms with Gasteiger partial charge in [-0.2, -0.15) is 14.8 Å². The highest BCUT2D eigenvalue weighted by molar-refractivity contribution is 5.81. The lowest BCUT2D eigenvalue weighted by atomic mass is 10.0. The van der Waals surface area contributed by atoms with E-state index in [4.69, 9.17) is 15.1 Å². The molecule has 0 bridgehead atoms. The van der Waals surface area contributed by atoms with Gasteiger partial charge in [0.05, 0.1) is 31.2 Å². The Hall–Kier alpha value is -3.66. The first kappa shape index (κ1) is 22.1. The number of ether oxygens (including phenoxy) is 1. The van der Waals surface area contributed by atoms with Crippen LogP contribution in [0.1, 0.15) is 31.7 Å². The second-order valence-corrected chi connectivity index (χ2v) is 8.92. The highest BCUT2D eigenvalue weighted by atomic mass is 16.5. The Morgan fingerprint density at radius 1 is 1.26 bits per heavy atom. The maximum Gasteiger partial charge on any atom is 0.225 e. The van der Waals surface area contributed by atoms with Crippen LogP contribution in [-0.4, -0.2) is 60.2 Å². The molecular formula is C24H29N9O. The summed E-state index contributed by atoms with van der Waals surface area (Å²) in [5.41, 5.74) is 6.24. The van der Waals surface area contributed by atoms with E-state index in [1.54, 1.807) is 18.0 Å². The van der Waals surface area contributed by atoms with Gasteiger partial charge in [0.25, 0.3) is 0 Å². The largest absolute Gasteiger partial charge is 0.383 e. The van der Waals surface area contributed by atoms with Gasteiger partial charge in [-0.1, -0.05) is 11.3 Å². The smallest absolute Gasteiger partial charge is 0.225 e. The van der Waals surface area contributed by atoms with Gasteiger partial charge >= 0.3 is 0 Å². The fraction of sp³-hybridized carbons (Fsp3) is 0.417. The van der Waals surface area contributed by atoms with Crippen LogP contribution in [0.3, 0.4) is 0 Å². The van der Waals surface area contributed by atoms with Gasteiger partial charge in [-0.05, 0) is 62.3 Å². The first-order chi connectivity index (χ1) is 16.5. The van der Waals surface area contributed by atoms with Crippen LogP contribution in [0.5, 0.6) is 0 Å². The van der Waals surface area contributed by atoms with Crippen molar-refractivity contribution in [3.8, 4) is 16.8 Å². The molecule has 1 aromatic carbocycles. The molecule has 1 fully saturated rings. The van der Waals surface area contributed by atoms with Crippen LogP contribution in [0.2, 0.25) is 0 Å². The monoisotopic (exact) mass is 459 g/mol. The summed E-state index contributed by atoms with van der Waals surface area (Å²) >= 11 is 0. The summed E-state index contributed by atoms with van der Waals surface area (Å²) in [5.74, 6) is 0.920. The van der Waals surface area contributed by atoms with E-state index in [9.17, 15) is 0 Å². The zero-order chi connectivity index (χ0) is 23.7. The summed E-state index contributed by atoms with van der Waals surface area (Å²) in [7, 11) is 1.69. The quantitative estimate of drug-likeness (QED) is 0.386. The van der Waals surface area contributed by atoms with Crippen molar-refractivity contribution in [2.24, 2.45) is 5.92 Å². The SMILES string of the molecule is COCCn1cc(-c2ccc(-n3nnc4cnc(NC5CCC(C(C)=N)C5)nc43)cc2C)cn1. The summed E-state index contributed by atoms with van der Waals surface area (Å²) < 4.78 is 8.77. The van der Waals surface area contributed by atoms with E-state index in [1.807, 2.05) is 30.1 Å². The van der Waals surface area contributed by atoms with E-state index in [-0.39, 0.29) is 6.04 Å². The molecule has 4 aromatic rings. The molecule has 2 atom stereocenters. The number of methoxy groups -OCH3 is 1. The summed E-state index contributed by atoms with van der Waals surface area (Å²) in [6, 6.07) is 6.46. The number of aromatic nitrogens is 7. The van der Waals surface area contributed by atoms with E-state index in [0.29, 0.717) is 29.6 Å². The van der Waals surface area contributed by atoms with Crippen molar-refractivity contribution in [3.05, 3.63) is 42.4 Å². The molecule has 10 heteroatoms. The number of hydrogen-bond acceptors (Lipinski definition) is 8. The van der Waals surface area contributed by atoms with Crippen molar-refractivity contribution in [1.29, 1.82) is 5.41 Å². The number of benzene rings is 1. The Bertz CT molecular complexity index is 1330. The van der Waals surface area contributed by atoms with Crippen LogP contribution in [0.4, 0.5) is 5.95 Å². The van der Waals surface area contributed by atoms with Gasteiger partial charge in [0.1, 0.15) is 0 Å². The summed E-state index contributed by atoms with van der Waals surface area (Å²) in [5, 5.41) is 24.3. The predicted molar refractivity (Wildman–Crippen MR) is 130 cm³/mol. The van der Waals surface area contributed by atoms with Gasteiger partial charge in [-0.15, -0.1) is 5.10 Å². The van der Waals surface area contributed by atoms with Crippen LogP contribution >= 0.6 is 0 Å². The molecule has 3 aromatic heterocycles. The number of aryl methyl sites for hydroxylation is 1. The molecule has 0 spiro atoms. The van der Waals surface area contributed by atoms with Crippen molar-refractivity contribution in [2.45, 2.75) is 45.7 Å². The second-order valence-electron chi connectivity index (χ2n) is 8.92. The Morgan fingerprint density at radius 3 is 2.91 bits per heavy atom. The van der Waals surface area contributed by atoms with Crippen molar-refractivity contribution >= 4 is 22.8 Å². The van der Waals surface area contributed by atoms with Gasteiger partial charge < -0.3 is 15.5 Å². The normalized spacial score (nSPS) is 18.0. The lowest BCUT2D eigenvalue weighted by Crippen LogP contribution is -2.18. The van der Waals surface area contributed by atoms with Crippen LogP contribution in [0, 0.1) is 18.3 Å². The molecule has 2 unspecified atom stereocenters. The Kier molecular flexibility index (Phi) is 6.06.